The van der Waals surface area contributed by atoms with Gasteiger partial charge in [-0.3, -0.25) is 4.79 Å². The van der Waals surface area contributed by atoms with E-state index in [0.717, 1.165) is 10.4 Å². The lowest BCUT2D eigenvalue weighted by atomic mass is 10.1. The van der Waals surface area contributed by atoms with Crippen LogP contribution in [-0.4, -0.2) is 5.91 Å². The molecule has 1 amide bonds. The molecule has 2 heterocycles. The molecule has 26 heavy (non-hydrogen) atoms. The SMILES string of the molecule is O=C(Nc1ccccc1-c1cccs1)c1ccc(-c2ccccc2F)o1. The fraction of sp³-hybridized carbons (Fsp3) is 0. The number of amides is 1. The van der Waals surface area contributed by atoms with Gasteiger partial charge in [0.25, 0.3) is 5.91 Å². The molecular formula is C21H14FNO2S. The maximum Gasteiger partial charge on any atom is 0.291 e. The van der Waals surface area contributed by atoms with Crippen molar-refractivity contribution in [3.63, 3.8) is 0 Å². The summed E-state index contributed by atoms with van der Waals surface area (Å²) in [5.74, 6) is -0.322. The van der Waals surface area contributed by atoms with E-state index in [-0.39, 0.29) is 11.7 Å². The fourth-order valence-electron chi connectivity index (χ4n) is 2.69. The van der Waals surface area contributed by atoms with Crippen LogP contribution in [-0.2, 0) is 0 Å². The Balaban J connectivity index is 1.60. The highest BCUT2D eigenvalue weighted by Crippen LogP contribution is 2.32. The summed E-state index contributed by atoms with van der Waals surface area (Å²) in [7, 11) is 0. The zero-order valence-electron chi connectivity index (χ0n) is 13.6. The Morgan fingerprint density at radius 3 is 2.42 bits per heavy atom. The largest absolute Gasteiger partial charge is 0.451 e. The third-order valence-corrected chi connectivity index (χ3v) is 4.83. The second kappa shape index (κ2) is 6.98. The van der Waals surface area contributed by atoms with Gasteiger partial charge in [0.1, 0.15) is 11.6 Å². The lowest BCUT2D eigenvalue weighted by Gasteiger charge is -2.08. The highest BCUT2D eigenvalue weighted by molar-refractivity contribution is 7.13. The molecule has 2 aromatic heterocycles. The minimum absolute atomic E-state index is 0.129. The predicted octanol–water partition coefficient (Wildman–Crippen LogP) is 6.07. The van der Waals surface area contributed by atoms with Crippen LogP contribution in [0, 0.1) is 5.82 Å². The van der Waals surface area contributed by atoms with Crippen LogP contribution in [0.1, 0.15) is 10.6 Å². The third-order valence-electron chi connectivity index (χ3n) is 3.93. The lowest BCUT2D eigenvalue weighted by molar-refractivity contribution is 0.0997. The number of rotatable bonds is 4. The first kappa shape index (κ1) is 16.3. The topological polar surface area (TPSA) is 42.2 Å². The molecule has 4 rings (SSSR count). The van der Waals surface area contributed by atoms with Gasteiger partial charge in [0.2, 0.25) is 0 Å². The zero-order valence-corrected chi connectivity index (χ0v) is 14.4. The Kier molecular flexibility index (Phi) is 4.37. The molecule has 0 fully saturated rings. The lowest BCUT2D eigenvalue weighted by Crippen LogP contribution is -2.11. The summed E-state index contributed by atoms with van der Waals surface area (Å²) in [6.45, 7) is 0. The van der Waals surface area contributed by atoms with Crippen molar-refractivity contribution in [2.75, 3.05) is 5.32 Å². The summed E-state index contributed by atoms with van der Waals surface area (Å²) in [5, 5.41) is 4.86. The van der Waals surface area contributed by atoms with Gasteiger partial charge in [-0.2, -0.15) is 0 Å². The van der Waals surface area contributed by atoms with E-state index in [1.807, 2.05) is 41.8 Å². The first-order valence-corrected chi connectivity index (χ1v) is 8.89. The number of halogens is 1. The van der Waals surface area contributed by atoms with Crippen LogP contribution in [0.15, 0.2) is 82.6 Å². The van der Waals surface area contributed by atoms with E-state index < -0.39 is 5.82 Å². The molecule has 128 valence electrons. The Bertz CT molecular complexity index is 1050. The quantitative estimate of drug-likeness (QED) is 0.478. The molecule has 0 unspecified atom stereocenters. The van der Waals surface area contributed by atoms with Crippen molar-refractivity contribution in [2.24, 2.45) is 0 Å². The number of benzene rings is 2. The summed E-state index contributed by atoms with van der Waals surface area (Å²) in [4.78, 5) is 13.6. The van der Waals surface area contributed by atoms with Gasteiger partial charge in [0, 0.05) is 16.1 Å². The highest BCUT2D eigenvalue weighted by atomic mass is 32.1. The van der Waals surface area contributed by atoms with Crippen LogP contribution in [0.2, 0.25) is 0 Å². The van der Waals surface area contributed by atoms with Gasteiger partial charge in [-0.25, -0.2) is 4.39 Å². The van der Waals surface area contributed by atoms with Crippen molar-refractivity contribution >= 4 is 22.9 Å². The van der Waals surface area contributed by atoms with Crippen molar-refractivity contribution in [1.82, 2.24) is 0 Å². The van der Waals surface area contributed by atoms with E-state index in [1.165, 1.54) is 6.07 Å². The number of thiophene rings is 1. The first-order valence-electron chi connectivity index (χ1n) is 8.01. The summed E-state index contributed by atoms with van der Waals surface area (Å²) in [5.41, 5.74) is 1.96. The predicted molar refractivity (Wildman–Crippen MR) is 102 cm³/mol. The van der Waals surface area contributed by atoms with Crippen LogP contribution >= 0.6 is 11.3 Å². The van der Waals surface area contributed by atoms with E-state index in [0.29, 0.717) is 17.0 Å². The summed E-state index contributed by atoms with van der Waals surface area (Å²) < 4.78 is 19.4. The maximum absolute atomic E-state index is 13.9. The van der Waals surface area contributed by atoms with E-state index in [4.69, 9.17) is 4.42 Å². The minimum atomic E-state index is -0.392. The van der Waals surface area contributed by atoms with E-state index in [1.54, 1.807) is 41.7 Å². The second-order valence-electron chi connectivity index (χ2n) is 5.62. The first-order chi connectivity index (χ1) is 12.7. The third kappa shape index (κ3) is 3.17. The molecule has 0 aliphatic rings. The molecule has 1 N–H and O–H groups in total. The zero-order chi connectivity index (χ0) is 17.9. The Morgan fingerprint density at radius 1 is 0.885 bits per heavy atom. The van der Waals surface area contributed by atoms with Gasteiger partial charge in [-0.15, -0.1) is 11.3 Å². The van der Waals surface area contributed by atoms with E-state index in [9.17, 15) is 9.18 Å². The minimum Gasteiger partial charge on any atom is -0.451 e. The van der Waals surface area contributed by atoms with Crippen LogP contribution < -0.4 is 5.32 Å². The number of hydrogen-bond donors (Lipinski definition) is 1. The number of carbonyl (C=O) groups is 1. The molecule has 0 aliphatic carbocycles. The second-order valence-corrected chi connectivity index (χ2v) is 6.57. The summed E-state index contributed by atoms with van der Waals surface area (Å²) in [6.07, 6.45) is 0. The van der Waals surface area contributed by atoms with Gasteiger partial charge in [-0.1, -0.05) is 36.4 Å². The Labute approximate surface area is 153 Å². The molecule has 5 heteroatoms. The number of carbonyl (C=O) groups excluding carboxylic acids is 1. The average molecular weight is 363 g/mol. The molecule has 2 aromatic carbocycles. The van der Waals surface area contributed by atoms with Gasteiger partial charge in [0.15, 0.2) is 5.76 Å². The van der Waals surface area contributed by atoms with Gasteiger partial charge in [-0.05, 0) is 41.8 Å². The Morgan fingerprint density at radius 2 is 1.65 bits per heavy atom. The van der Waals surface area contributed by atoms with E-state index in [2.05, 4.69) is 5.32 Å². The van der Waals surface area contributed by atoms with Crippen molar-refractivity contribution in [2.45, 2.75) is 0 Å². The summed E-state index contributed by atoms with van der Waals surface area (Å²) in [6, 6.07) is 21.0. The molecule has 0 spiro atoms. The standard InChI is InChI=1S/C21H14FNO2S/c22-16-8-3-1-6-14(16)18-11-12-19(25-18)21(24)23-17-9-4-2-7-15(17)20-10-5-13-26-20/h1-13H,(H,23,24). The molecular weight excluding hydrogens is 349 g/mol. The van der Waals surface area contributed by atoms with E-state index >= 15 is 0 Å². The average Bonchev–Trinajstić information content (AvgIpc) is 3.35. The smallest absolute Gasteiger partial charge is 0.291 e. The van der Waals surface area contributed by atoms with Gasteiger partial charge in [0.05, 0.1) is 5.56 Å². The summed E-state index contributed by atoms with van der Waals surface area (Å²) >= 11 is 1.60. The highest BCUT2D eigenvalue weighted by Gasteiger charge is 2.16. The monoisotopic (exact) mass is 363 g/mol. The molecule has 0 bridgehead atoms. The molecule has 4 aromatic rings. The maximum atomic E-state index is 13.9. The van der Waals surface area contributed by atoms with Gasteiger partial charge < -0.3 is 9.73 Å². The van der Waals surface area contributed by atoms with Crippen LogP contribution in [0.3, 0.4) is 0 Å². The molecule has 0 aliphatic heterocycles. The van der Waals surface area contributed by atoms with Crippen molar-refractivity contribution in [3.8, 4) is 21.8 Å². The number of furan rings is 1. The fourth-order valence-corrected chi connectivity index (χ4v) is 3.45. The number of para-hydroxylation sites is 1. The van der Waals surface area contributed by atoms with Crippen LogP contribution in [0.25, 0.3) is 21.8 Å². The van der Waals surface area contributed by atoms with Crippen molar-refractivity contribution < 1.29 is 13.6 Å². The number of anilines is 1. The normalized spacial score (nSPS) is 10.7. The Hall–Kier alpha value is -3.18. The molecule has 0 saturated carbocycles. The van der Waals surface area contributed by atoms with Crippen molar-refractivity contribution in [1.29, 1.82) is 0 Å². The molecule has 0 atom stereocenters. The molecule has 0 radical (unpaired) electrons. The van der Waals surface area contributed by atoms with Gasteiger partial charge >= 0.3 is 0 Å². The van der Waals surface area contributed by atoms with Crippen molar-refractivity contribution in [3.05, 3.63) is 89.8 Å². The molecule has 3 nitrogen and oxygen atoms in total. The molecule has 0 saturated heterocycles. The van der Waals surface area contributed by atoms with Crippen LogP contribution in [0.5, 0.6) is 0 Å². The number of nitrogens with one attached hydrogen (secondary N) is 1. The van der Waals surface area contributed by atoms with Crippen LogP contribution in [0.4, 0.5) is 10.1 Å². The number of hydrogen-bond acceptors (Lipinski definition) is 3.